The van der Waals surface area contributed by atoms with E-state index in [1.807, 2.05) is 36.1 Å². The van der Waals surface area contributed by atoms with E-state index in [9.17, 15) is 9.59 Å². The van der Waals surface area contributed by atoms with Crippen molar-refractivity contribution < 1.29 is 9.59 Å². The summed E-state index contributed by atoms with van der Waals surface area (Å²) in [6.45, 7) is 2.00. The predicted octanol–water partition coefficient (Wildman–Crippen LogP) is 3.20. The Labute approximate surface area is 145 Å². The van der Waals surface area contributed by atoms with Gasteiger partial charge in [0.25, 0.3) is 5.91 Å². The zero-order valence-electron chi connectivity index (χ0n) is 13.3. The zero-order chi connectivity index (χ0) is 17.3. The van der Waals surface area contributed by atoms with E-state index in [-0.39, 0.29) is 23.6 Å². The van der Waals surface area contributed by atoms with Crippen LogP contribution in [0.3, 0.4) is 0 Å². The fourth-order valence-electron chi connectivity index (χ4n) is 2.71. The molecule has 2 N–H and O–H groups in total. The number of carbonyl (C=O) groups excluding carboxylic acids is 2. The second kappa shape index (κ2) is 6.61. The average molecular weight is 344 g/mol. The highest BCUT2D eigenvalue weighted by Gasteiger charge is 2.37. The number of primary amides is 1. The fraction of sp³-hybridized carbons (Fsp3) is 0.278. The molecular formula is C18H18ClN3O2. The highest BCUT2D eigenvalue weighted by molar-refractivity contribution is 6.30. The first-order valence-electron chi connectivity index (χ1n) is 7.81. The number of nitrogens with two attached hydrogens (primary N) is 1. The highest BCUT2D eigenvalue weighted by Crippen LogP contribution is 2.35. The van der Waals surface area contributed by atoms with E-state index >= 15 is 0 Å². The molecule has 5 nitrogen and oxygen atoms in total. The summed E-state index contributed by atoms with van der Waals surface area (Å²) in [5.74, 6) is -0.703. The third-order valence-electron chi connectivity index (χ3n) is 4.21. The topological polar surface area (TPSA) is 76.3 Å². The molecule has 0 aliphatic heterocycles. The number of hydrogen-bond donors (Lipinski definition) is 1. The summed E-state index contributed by atoms with van der Waals surface area (Å²) >= 11 is 5.94. The Balaban J connectivity index is 1.86. The monoisotopic (exact) mass is 343 g/mol. The van der Waals surface area contributed by atoms with Crippen LogP contribution in [0.1, 0.15) is 52.2 Å². The van der Waals surface area contributed by atoms with Gasteiger partial charge >= 0.3 is 0 Å². The Hall–Kier alpha value is -2.40. The van der Waals surface area contributed by atoms with Crippen molar-refractivity contribution in [3.05, 3.63) is 64.4 Å². The van der Waals surface area contributed by atoms with Gasteiger partial charge < -0.3 is 10.6 Å². The maximum atomic E-state index is 12.9. The van der Waals surface area contributed by atoms with E-state index in [1.165, 1.54) is 12.3 Å². The molecule has 1 aromatic carbocycles. The molecule has 0 saturated heterocycles. The van der Waals surface area contributed by atoms with Crippen molar-refractivity contribution in [3.63, 3.8) is 0 Å². The molecule has 1 heterocycles. The van der Waals surface area contributed by atoms with E-state index in [4.69, 9.17) is 17.3 Å². The highest BCUT2D eigenvalue weighted by atomic mass is 35.5. The van der Waals surface area contributed by atoms with Crippen LogP contribution in [-0.4, -0.2) is 27.7 Å². The maximum Gasteiger partial charge on any atom is 0.273 e. The van der Waals surface area contributed by atoms with Crippen molar-refractivity contribution >= 4 is 23.4 Å². The minimum absolute atomic E-state index is 0.0834. The van der Waals surface area contributed by atoms with Gasteiger partial charge in [-0.2, -0.15) is 0 Å². The van der Waals surface area contributed by atoms with Crippen LogP contribution < -0.4 is 5.73 Å². The molecule has 6 heteroatoms. The molecule has 0 spiro atoms. The van der Waals surface area contributed by atoms with Gasteiger partial charge in [-0.15, -0.1) is 0 Å². The van der Waals surface area contributed by atoms with Gasteiger partial charge in [-0.1, -0.05) is 23.7 Å². The van der Waals surface area contributed by atoms with Crippen LogP contribution in [0.2, 0.25) is 5.02 Å². The Morgan fingerprint density at radius 2 is 1.88 bits per heavy atom. The first-order chi connectivity index (χ1) is 11.5. The van der Waals surface area contributed by atoms with Gasteiger partial charge in [-0.25, -0.2) is 0 Å². The molecule has 1 aliphatic carbocycles. The van der Waals surface area contributed by atoms with Gasteiger partial charge in [0.2, 0.25) is 5.91 Å². The molecule has 0 unspecified atom stereocenters. The Kier molecular flexibility index (Phi) is 4.53. The van der Waals surface area contributed by atoms with Gasteiger partial charge in [-0.05, 0) is 49.6 Å². The van der Waals surface area contributed by atoms with Crippen LogP contribution in [0.15, 0.2) is 42.6 Å². The fourth-order valence-corrected chi connectivity index (χ4v) is 2.84. The number of hydrogen-bond acceptors (Lipinski definition) is 3. The lowest BCUT2D eigenvalue weighted by Gasteiger charge is -2.29. The van der Waals surface area contributed by atoms with Gasteiger partial charge in [0, 0.05) is 17.3 Å². The quantitative estimate of drug-likeness (QED) is 0.905. The SMILES string of the molecule is C[C@@H](c1ccc(Cl)cc1)N(C(=O)c1ccc(C(N)=O)cn1)C1CC1. The molecule has 1 saturated carbocycles. The molecule has 2 aromatic rings. The lowest BCUT2D eigenvalue weighted by molar-refractivity contribution is 0.0667. The smallest absolute Gasteiger partial charge is 0.273 e. The molecule has 3 rings (SSSR count). The number of benzene rings is 1. The molecule has 1 atom stereocenters. The third kappa shape index (κ3) is 3.41. The first-order valence-corrected chi connectivity index (χ1v) is 8.19. The normalized spacial score (nSPS) is 14.9. The van der Waals surface area contributed by atoms with E-state index in [1.54, 1.807) is 6.07 Å². The van der Waals surface area contributed by atoms with Crippen molar-refractivity contribution in [2.45, 2.75) is 31.8 Å². The summed E-state index contributed by atoms with van der Waals surface area (Å²) in [6, 6.07) is 10.7. The van der Waals surface area contributed by atoms with Crippen molar-refractivity contribution in [2.24, 2.45) is 5.73 Å². The van der Waals surface area contributed by atoms with Gasteiger partial charge in [0.15, 0.2) is 0 Å². The number of carbonyl (C=O) groups is 2. The van der Waals surface area contributed by atoms with Gasteiger partial charge in [-0.3, -0.25) is 14.6 Å². The van der Waals surface area contributed by atoms with Crippen molar-refractivity contribution in [3.8, 4) is 0 Å². The molecule has 1 fully saturated rings. The number of nitrogens with zero attached hydrogens (tertiary/aromatic N) is 2. The number of amides is 2. The van der Waals surface area contributed by atoms with Crippen LogP contribution in [0, 0.1) is 0 Å². The molecule has 0 radical (unpaired) electrons. The number of pyridine rings is 1. The predicted molar refractivity (Wildman–Crippen MR) is 91.8 cm³/mol. The lowest BCUT2D eigenvalue weighted by Crippen LogP contribution is -2.36. The third-order valence-corrected chi connectivity index (χ3v) is 4.46. The van der Waals surface area contributed by atoms with Crippen molar-refractivity contribution in [1.82, 2.24) is 9.88 Å². The summed E-state index contributed by atoms with van der Waals surface area (Å²) in [4.78, 5) is 30.0. The maximum absolute atomic E-state index is 12.9. The number of halogens is 1. The summed E-state index contributed by atoms with van der Waals surface area (Å²) in [6.07, 6.45) is 3.32. The standard InChI is InChI=1S/C18H18ClN3O2/c1-11(12-2-5-14(19)6-3-12)22(15-7-8-15)18(24)16-9-4-13(10-21-16)17(20)23/h2-6,9-11,15H,7-8H2,1H3,(H2,20,23)/t11-/m0/s1. The number of rotatable bonds is 5. The summed E-state index contributed by atoms with van der Waals surface area (Å²) in [7, 11) is 0. The molecule has 24 heavy (non-hydrogen) atoms. The number of aromatic nitrogens is 1. The second-order valence-electron chi connectivity index (χ2n) is 5.97. The molecule has 124 valence electrons. The molecule has 1 aliphatic rings. The van der Waals surface area contributed by atoms with E-state index < -0.39 is 5.91 Å². The minimum atomic E-state index is -0.560. The lowest BCUT2D eigenvalue weighted by atomic mass is 10.1. The molecule has 1 aromatic heterocycles. The van der Waals surface area contributed by atoms with Crippen LogP contribution in [0.25, 0.3) is 0 Å². The van der Waals surface area contributed by atoms with Crippen molar-refractivity contribution in [2.75, 3.05) is 0 Å². The summed E-state index contributed by atoms with van der Waals surface area (Å²) in [5, 5.41) is 0.666. The Bertz CT molecular complexity index is 755. The van der Waals surface area contributed by atoms with E-state index in [0.29, 0.717) is 10.7 Å². The van der Waals surface area contributed by atoms with Crippen LogP contribution in [0.4, 0.5) is 0 Å². The Morgan fingerprint density at radius 3 is 2.38 bits per heavy atom. The summed E-state index contributed by atoms with van der Waals surface area (Å²) < 4.78 is 0. The second-order valence-corrected chi connectivity index (χ2v) is 6.40. The van der Waals surface area contributed by atoms with Crippen LogP contribution >= 0.6 is 11.6 Å². The van der Waals surface area contributed by atoms with Gasteiger partial charge in [0.1, 0.15) is 5.69 Å². The minimum Gasteiger partial charge on any atom is -0.366 e. The van der Waals surface area contributed by atoms with Crippen molar-refractivity contribution in [1.29, 1.82) is 0 Å². The van der Waals surface area contributed by atoms with E-state index in [0.717, 1.165) is 18.4 Å². The molecule has 0 bridgehead atoms. The Morgan fingerprint density at radius 1 is 1.21 bits per heavy atom. The average Bonchev–Trinajstić information content (AvgIpc) is 3.40. The van der Waals surface area contributed by atoms with Crippen LogP contribution in [-0.2, 0) is 0 Å². The largest absolute Gasteiger partial charge is 0.366 e. The van der Waals surface area contributed by atoms with Gasteiger partial charge in [0.05, 0.1) is 11.6 Å². The first kappa shape index (κ1) is 16.5. The molecule has 2 amide bonds. The zero-order valence-corrected chi connectivity index (χ0v) is 14.0. The van der Waals surface area contributed by atoms with E-state index in [2.05, 4.69) is 4.98 Å². The summed E-state index contributed by atoms with van der Waals surface area (Å²) in [5.41, 5.74) is 6.83. The van der Waals surface area contributed by atoms with Crippen LogP contribution in [0.5, 0.6) is 0 Å². The molecular weight excluding hydrogens is 326 g/mol.